The quantitative estimate of drug-likeness (QED) is 0.786. The fraction of sp³-hybridized carbons (Fsp3) is 0.400. The SMILES string of the molecule is CC(C)Oc1ccc(N)c(CC#N)n1. The van der Waals surface area contributed by atoms with Crippen molar-refractivity contribution in [2.45, 2.75) is 26.4 Å². The standard InChI is InChI=1S/C10H13N3O/c1-7(2)14-10-4-3-8(12)9(13-10)5-6-11/h3-4,7H,5,12H2,1-2H3. The number of hydrogen-bond donors (Lipinski definition) is 1. The monoisotopic (exact) mass is 191 g/mol. The van der Waals surface area contributed by atoms with Crippen LogP contribution in [0.4, 0.5) is 5.69 Å². The van der Waals surface area contributed by atoms with Gasteiger partial charge in [-0.3, -0.25) is 0 Å². The van der Waals surface area contributed by atoms with Gasteiger partial charge >= 0.3 is 0 Å². The molecule has 0 bridgehead atoms. The third kappa shape index (κ3) is 2.63. The van der Waals surface area contributed by atoms with E-state index >= 15 is 0 Å². The van der Waals surface area contributed by atoms with Crippen molar-refractivity contribution < 1.29 is 4.74 Å². The van der Waals surface area contributed by atoms with Crippen LogP contribution in [0.1, 0.15) is 19.5 Å². The van der Waals surface area contributed by atoms with Crippen LogP contribution in [0, 0.1) is 11.3 Å². The van der Waals surface area contributed by atoms with Gasteiger partial charge in [0.05, 0.1) is 30.0 Å². The molecule has 0 spiro atoms. The van der Waals surface area contributed by atoms with E-state index in [1.165, 1.54) is 0 Å². The summed E-state index contributed by atoms with van der Waals surface area (Å²) in [6.45, 7) is 3.84. The molecular weight excluding hydrogens is 178 g/mol. The molecule has 0 saturated heterocycles. The van der Waals surface area contributed by atoms with E-state index in [4.69, 9.17) is 15.7 Å². The minimum atomic E-state index is 0.0704. The maximum absolute atomic E-state index is 8.53. The van der Waals surface area contributed by atoms with Crippen molar-refractivity contribution in [1.82, 2.24) is 4.98 Å². The van der Waals surface area contributed by atoms with Gasteiger partial charge in [-0.15, -0.1) is 0 Å². The van der Waals surface area contributed by atoms with Gasteiger partial charge in [0, 0.05) is 6.07 Å². The Morgan fingerprint density at radius 1 is 1.57 bits per heavy atom. The van der Waals surface area contributed by atoms with Crippen LogP contribution in [0.25, 0.3) is 0 Å². The first-order valence-corrected chi connectivity index (χ1v) is 4.42. The van der Waals surface area contributed by atoms with Crippen LogP contribution in [0.5, 0.6) is 5.88 Å². The molecule has 74 valence electrons. The predicted octanol–water partition coefficient (Wildman–Crippen LogP) is 1.52. The van der Waals surface area contributed by atoms with Gasteiger partial charge in [0.15, 0.2) is 0 Å². The van der Waals surface area contributed by atoms with Crippen LogP contribution >= 0.6 is 0 Å². The number of nitrogen functional groups attached to an aromatic ring is 1. The van der Waals surface area contributed by atoms with E-state index in [1.807, 2.05) is 19.9 Å². The van der Waals surface area contributed by atoms with E-state index < -0.39 is 0 Å². The van der Waals surface area contributed by atoms with Gasteiger partial charge in [0.1, 0.15) is 0 Å². The highest BCUT2D eigenvalue weighted by atomic mass is 16.5. The number of aromatic nitrogens is 1. The highest BCUT2D eigenvalue weighted by Gasteiger charge is 2.04. The summed E-state index contributed by atoms with van der Waals surface area (Å²) in [5.74, 6) is 0.513. The molecule has 2 N–H and O–H groups in total. The van der Waals surface area contributed by atoms with E-state index in [2.05, 4.69) is 4.98 Å². The molecule has 1 rings (SSSR count). The Balaban J connectivity index is 2.89. The van der Waals surface area contributed by atoms with Gasteiger partial charge in [-0.1, -0.05) is 0 Å². The average molecular weight is 191 g/mol. The molecule has 14 heavy (non-hydrogen) atoms. The van der Waals surface area contributed by atoms with Crippen LogP contribution in [-0.4, -0.2) is 11.1 Å². The second-order valence-corrected chi connectivity index (χ2v) is 3.19. The predicted molar refractivity (Wildman–Crippen MR) is 53.7 cm³/mol. The van der Waals surface area contributed by atoms with Crippen molar-refractivity contribution in [3.63, 3.8) is 0 Å². The summed E-state index contributed by atoms with van der Waals surface area (Å²) in [5, 5.41) is 8.53. The molecule has 0 radical (unpaired) electrons. The van der Waals surface area contributed by atoms with Gasteiger partial charge in [-0.2, -0.15) is 5.26 Å². The molecule has 0 unspecified atom stereocenters. The Bertz CT molecular complexity index is 355. The summed E-state index contributed by atoms with van der Waals surface area (Å²) in [4.78, 5) is 4.13. The lowest BCUT2D eigenvalue weighted by molar-refractivity contribution is 0.232. The van der Waals surface area contributed by atoms with Gasteiger partial charge in [0.2, 0.25) is 5.88 Å². The minimum Gasteiger partial charge on any atom is -0.475 e. The topological polar surface area (TPSA) is 71.9 Å². The molecule has 0 aliphatic carbocycles. The highest BCUT2D eigenvalue weighted by molar-refractivity contribution is 5.45. The lowest BCUT2D eigenvalue weighted by atomic mass is 10.2. The molecule has 0 saturated carbocycles. The Kier molecular flexibility index (Phi) is 3.29. The van der Waals surface area contributed by atoms with Gasteiger partial charge < -0.3 is 10.5 Å². The molecule has 0 fully saturated rings. The summed E-state index contributed by atoms with van der Waals surface area (Å²) in [7, 11) is 0. The summed E-state index contributed by atoms with van der Waals surface area (Å²) < 4.78 is 5.38. The van der Waals surface area contributed by atoms with Crippen molar-refractivity contribution in [1.29, 1.82) is 5.26 Å². The van der Waals surface area contributed by atoms with Gasteiger partial charge in [0.25, 0.3) is 0 Å². The minimum absolute atomic E-state index is 0.0704. The van der Waals surface area contributed by atoms with Crippen LogP contribution in [0.15, 0.2) is 12.1 Å². The number of nitrogens with zero attached hydrogens (tertiary/aromatic N) is 2. The summed E-state index contributed by atoms with van der Waals surface area (Å²) in [6, 6.07) is 5.42. The lowest BCUT2D eigenvalue weighted by Crippen LogP contribution is -2.08. The van der Waals surface area contributed by atoms with Crippen molar-refractivity contribution in [2.24, 2.45) is 0 Å². The second kappa shape index (κ2) is 4.47. The molecule has 0 aromatic carbocycles. The Labute approximate surface area is 83.3 Å². The van der Waals surface area contributed by atoms with E-state index in [0.29, 0.717) is 17.3 Å². The zero-order chi connectivity index (χ0) is 10.6. The van der Waals surface area contributed by atoms with Crippen LogP contribution in [-0.2, 0) is 6.42 Å². The third-order valence-corrected chi connectivity index (χ3v) is 1.59. The molecule has 0 aliphatic heterocycles. The molecule has 1 heterocycles. The zero-order valence-electron chi connectivity index (χ0n) is 8.32. The molecule has 1 aromatic rings. The molecule has 4 nitrogen and oxygen atoms in total. The van der Waals surface area contributed by atoms with Crippen molar-refractivity contribution >= 4 is 5.69 Å². The number of rotatable bonds is 3. The highest BCUT2D eigenvalue weighted by Crippen LogP contribution is 2.16. The van der Waals surface area contributed by atoms with Gasteiger partial charge in [-0.25, -0.2) is 4.98 Å². The average Bonchev–Trinajstić information content (AvgIpc) is 2.10. The fourth-order valence-electron chi connectivity index (χ4n) is 1.02. The van der Waals surface area contributed by atoms with E-state index in [0.717, 1.165) is 0 Å². The van der Waals surface area contributed by atoms with Crippen molar-refractivity contribution in [3.05, 3.63) is 17.8 Å². The molecule has 1 aromatic heterocycles. The Morgan fingerprint density at radius 3 is 2.86 bits per heavy atom. The molecule has 0 aliphatic rings. The first-order valence-electron chi connectivity index (χ1n) is 4.42. The number of ether oxygens (including phenoxy) is 1. The first kappa shape index (κ1) is 10.3. The smallest absolute Gasteiger partial charge is 0.213 e. The summed E-state index contributed by atoms with van der Waals surface area (Å²) in [5.41, 5.74) is 6.74. The van der Waals surface area contributed by atoms with Crippen LogP contribution in [0.2, 0.25) is 0 Å². The lowest BCUT2D eigenvalue weighted by Gasteiger charge is -2.09. The normalized spacial score (nSPS) is 9.86. The maximum atomic E-state index is 8.53. The zero-order valence-corrected chi connectivity index (χ0v) is 8.32. The molecule has 4 heteroatoms. The fourth-order valence-corrected chi connectivity index (χ4v) is 1.02. The summed E-state index contributed by atoms with van der Waals surface area (Å²) >= 11 is 0. The number of nitrogens with two attached hydrogens (primary N) is 1. The third-order valence-electron chi connectivity index (χ3n) is 1.59. The largest absolute Gasteiger partial charge is 0.475 e. The van der Waals surface area contributed by atoms with E-state index in [9.17, 15) is 0 Å². The van der Waals surface area contributed by atoms with Crippen molar-refractivity contribution in [2.75, 3.05) is 5.73 Å². The number of pyridine rings is 1. The van der Waals surface area contributed by atoms with E-state index in [1.54, 1.807) is 12.1 Å². The summed E-state index contributed by atoms with van der Waals surface area (Å²) in [6.07, 6.45) is 0.280. The Hall–Kier alpha value is -1.76. The Morgan fingerprint density at radius 2 is 2.29 bits per heavy atom. The second-order valence-electron chi connectivity index (χ2n) is 3.19. The molecule has 0 amide bonds. The van der Waals surface area contributed by atoms with Crippen LogP contribution in [0.3, 0.4) is 0 Å². The number of hydrogen-bond acceptors (Lipinski definition) is 4. The van der Waals surface area contributed by atoms with E-state index in [-0.39, 0.29) is 12.5 Å². The van der Waals surface area contributed by atoms with Crippen molar-refractivity contribution in [3.8, 4) is 11.9 Å². The maximum Gasteiger partial charge on any atom is 0.213 e. The van der Waals surface area contributed by atoms with Crippen LogP contribution < -0.4 is 10.5 Å². The first-order chi connectivity index (χ1) is 6.63. The number of nitriles is 1. The van der Waals surface area contributed by atoms with Gasteiger partial charge in [-0.05, 0) is 19.9 Å². The molecular formula is C10H13N3O. The number of anilines is 1. The molecule has 0 atom stereocenters.